The summed E-state index contributed by atoms with van der Waals surface area (Å²) in [7, 11) is 0. The molecule has 5 nitrogen and oxygen atoms in total. The van der Waals surface area contributed by atoms with Gasteiger partial charge >= 0.3 is 0 Å². The van der Waals surface area contributed by atoms with E-state index in [4.69, 9.17) is 4.42 Å². The lowest BCUT2D eigenvalue weighted by molar-refractivity contribution is -0.138. The summed E-state index contributed by atoms with van der Waals surface area (Å²) in [5, 5.41) is 3.23. The van der Waals surface area contributed by atoms with Crippen LogP contribution in [0.4, 0.5) is 0 Å². The van der Waals surface area contributed by atoms with E-state index in [9.17, 15) is 4.79 Å². The first-order chi connectivity index (χ1) is 8.63. The standard InChI is InChI=1S/C13H21N3O2/c1-4-14-11-6-5-7-16(13(11)17)10(3)12-15-8-9(2)18-12/h8,10-11,14H,4-7H2,1-3H3. The summed E-state index contributed by atoms with van der Waals surface area (Å²) in [6.45, 7) is 7.45. The number of likely N-dealkylation sites (tertiary alicyclic amines) is 1. The highest BCUT2D eigenvalue weighted by Gasteiger charge is 2.33. The molecule has 18 heavy (non-hydrogen) atoms. The molecule has 0 aromatic carbocycles. The van der Waals surface area contributed by atoms with Crippen LogP contribution in [0.3, 0.4) is 0 Å². The molecule has 0 bridgehead atoms. The zero-order chi connectivity index (χ0) is 13.1. The summed E-state index contributed by atoms with van der Waals surface area (Å²) in [6.07, 6.45) is 3.63. The molecule has 2 rings (SSSR count). The monoisotopic (exact) mass is 251 g/mol. The van der Waals surface area contributed by atoms with Crippen molar-refractivity contribution in [2.24, 2.45) is 0 Å². The first-order valence-corrected chi connectivity index (χ1v) is 6.59. The van der Waals surface area contributed by atoms with E-state index in [1.807, 2.05) is 25.7 Å². The molecule has 1 N–H and O–H groups in total. The fourth-order valence-corrected chi connectivity index (χ4v) is 2.42. The third-order valence-electron chi connectivity index (χ3n) is 3.39. The number of carbonyl (C=O) groups is 1. The average Bonchev–Trinajstić information content (AvgIpc) is 2.78. The number of rotatable bonds is 4. The van der Waals surface area contributed by atoms with E-state index in [1.54, 1.807) is 6.20 Å². The molecule has 1 aliphatic rings. The molecule has 1 saturated heterocycles. The topological polar surface area (TPSA) is 58.4 Å². The fourth-order valence-electron chi connectivity index (χ4n) is 2.42. The van der Waals surface area contributed by atoms with E-state index in [2.05, 4.69) is 10.3 Å². The van der Waals surface area contributed by atoms with Gasteiger partial charge in [-0.2, -0.15) is 0 Å². The Bertz CT molecular complexity index is 414. The molecule has 1 fully saturated rings. The van der Waals surface area contributed by atoms with Crippen LogP contribution in [-0.2, 0) is 4.79 Å². The first kappa shape index (κ1) is 13.1. The van der Waals surface area contributed by atoms with Gasteiger partial charge in [-0.3, -0.25) is 4.79 Å². The lowest BCUT2D eigenvalue weighted by atomic mass is 10.0. The number of aromatic nitrogens is 1. The van der Waals surface area contributed by atoms with Crippen molar-refractivity contribution in [2.45, 2.75) is 45.7 Å². The predicted molar refractivity (Wildman–Crippen MR) is 68.1 cm³/mol. The molecule has 1 aromatic rings. The molecule has 100 valence electrons. The number of piperidine rings is 1. The van der Waals surface area contributed by atoms with Gasteiger partial charge in [-0.05, 0) is 33.2 Å². The summed E-state index contributed by atoms with van der Waals surface area (Å²) < 4.78 is 5.52. The lowest BCUT2D eigenvalue weighted by Crippen LogP contribution is -2.51. The van der Waals surface area contributed by atoms with Crippen LogP contribution >= 0.6 is 0 Å². The SMILES string of the molecule is CCNC1CCCN(C(C)c2ncc(C)o2)C1=O. The highest BCUT2D eigenvalue weighted by Crippen LogP contribution is 2.24. The van der Waals surface area contributed by atoms with Gasteiger partial charge in [0.1, 0.15) is 11.8 Å². The van der Waals surface area contributed by atoms with Gasteiger partial charge in [-0.1, -0.05) is 6.92 Å². The summed E-state index contributed by atoms with van der Waals surface area (Å²) in [5.74, 6) is 1.56. The summed E-state index contributed by atoms with van der Waals surface area (Å²) in [6, 6.07) is -0.144. The molecule has 2 unspecified atom stereocenters. The second-order valence-electron chi connectivity index (χ2n) is 4.77. The Kier molecular flexibility index (Phi) is 4.01. The zero-order valence-electron chi connectivity index (χ0n) is 11.3. The Morgan fingerprint density at radius 2 is 2.44 bits per heavy atom. The number of hydrogen-bond donors (Lipinski definition) is 1. The molecular weight excluding hydrogens is 230 g/mol. The maximum Gasteiger partial charge on any atom is 0.240 e. The van der Waals surface area contributed by atoms with Crippen LogP contribution < -0.4 is 5.32 Å². The van der Waals surface area contributed by atoms with E-state index in [-0.39, 0.29) is 18.0 Å². The molecule has 0 radical (unpaired) electrons. The number of amides is 1. The number of nitrogens with zero attached hydrogens (tertiary/aromatic N) is 2. The molecule has 2 atom stereocenters. The minimum absolute atomic E-state index is 0.0535. The highest BCUT2D eigenvalue weighted by atomic mass is 16.4. The Balaban J connectivity index is 2.09. The van der Waals surface area contributed by atoms with Crippen molar-refractivity contribution in [3.05, 3.63) is 17.8 Å². The minimum Gasteiger partial charge on any atom is -0.444 e. The fraction of sp³-hybridized carbons (Fsp3) is 0.692. The van der Waals surface area contributed by atoms with Gasteiger partial charge in [0, 0.05) is 6.54 Å². The van der Waals surface area contributed by atoms with Gasteiger partial charge in [0.25, 0.3) is 0 Å². The van der Waals surface area contributed by atoms with E-state index in [0.29, 0.717) is 5.89 Å². The molecule has 5 heteroatoms. The van der Waals surface area contributed by atoms with Crippen LogP contribution in [0.2, 0.25) is 0 Å². The number of hydrogen-bond acceptors (Lipinski definition) is 4. The van der Waals surface area contributed by atoms with Gasteiger partial charge in [0.15, 0.2) is 0 Å². The third-order valence-corrected chi connectivity index (χ3v) is 3.39. The molecule has 1 aromatic heterocycles. The van der Waals surface area contributed by atoms with Crippen LogP contribution in [0, 0.1) is 6.92 Å². The number of likely N-dealkylation sites (N-methyl/N-ethyl adjacent to an activating group) is 1. The van der Waals surface area contributed by atoms with Crippen LogP contribution in [0.5, 0.6) is 0 Å². The van der Waals surface area contributed by atoms with Gasteiger partial charge in [-0.15, -0.1) is 0 Å². The van der Waals surface area contributed by atoms with Gasteiger partial charge in [-0.25, -0.2) is 4.98 Å². The van der Waals surface area contributed by atoms with Crippen molar-refractivity contribution in [2.75, 3.05) is 13.1 Å². The average molecular weight is 251 g/mol. The molecule has 0 saturated carbocycles. The van der Waals surface area contributed by atoms with Crippen molar-refractivity contribution in [3.63, 3.8) is 0 Å². The summed E-state index contributed by atoms with van der Waals surface area (Å²) in [4.78, 5) is 18.4. The predicted octanol–water partition coefficient (Wildman–Crippen LogP) is 1.64. The number of aryl methyl sites for hydroxylation is 1. The minimum atomic E-state index is -0.0901. The molecule has 0 aliphatic carbocycles. The number of nitrogens with one attached hydrogen (secondary N) is 1. The van der Waals surface area contributed by atoms with Crippen molar-refractivity contribution >= 4 is 5.91 Å². The smallest absolute Gasteiger partial charge is 0.240 e. The largest absolute Gasteiger partial charge is 0.444 e. The Morgan fingerprint density at radius 1 is 1.67 bits per heavy atom. The van der Waals surface area contributed by atoms with E-state index in [0.717, 1.165) is 31.7 Å². The van der Waals surface area contributed by atoms with Crippen LogP contribution in [0.25, 0.3) is 0 Å². The normalized spacial score (nSPS) is 22.3. The Labute approximate surface area is 108 Å². The summed E-state index contributed by atoms with van der Waals surface area (Å²) in [5.41, 5.74) is 0. The molecule has 1 aliphatic heterocycles. The second-order valence-corrected chi connectivity index (χ2v) is 4.77. The molecular formula is C13H21N3O2. The lowest BCUT2D eigenvalue weighted by Gasteiger charge is -2.35. The van der Waals surface area contributed by atoms with Crippen molar-refractivity contribution in [3.8, 4) is 0 Å². The number of oxazole rings is 1. The van der Waals surface area contributed by atoms with Gasteiger partial charge < -0.3 is 14.6 Å². The van der Waals surface area contributed by atoms with Crippen molar-refractivity contribution in [1.29, 1.82) is 0 Å². The molecule has 0 spiro atoms. The van der Waals surface area contributed by atoms with Crippen molar-refractivity contribution < 1.29 is 9.21 Å². The zero-order valence-corrected chi connectivity index (χ0v) is 11.3. The Hall–Kier alpha value is -1.36. The van der Waals surface area contributed by atoms with Crippen LogP contribution in [0.1, 0.15) is 44.4 Å². The van der Waals surface area contributed by atoms with Crippen LogP contribution in [-0.4, -0.2) is 34.9 Å². The highest BCUT2D eigenvalue weighted by molar-refractivity contribution is 5.82. The van der Waals surface area contributed by atoms with Crippen LogP contribution in [0.15, 0.2) is 10.6 Å². The van der Waals surface area contributed by atoms with E-state index >= 15 is 0 Å². The number of carbonyl (C=O) groups excluding carboxylic acids is 1. The van der Waals surface area contributed by atoms with E-state index < -0.39 is 0 Å². The third kappa shape index (κ3) is 2.56. The molecule has 1 amide bonds. The van der Waals surface area contributed by atoms with E-state index in [1.165, 1.54) is 0 Å². The Morgan fingerprint density at radius 3 is 3.06 bits per heavy atom. The van der Waals surface area contributed by atoms with Crippen molar-refractivity contribution in [1.82, 2.24) is 15.2 Å². The quantitative estimate of drug-likeness (QED) is 0.884. The van der Waals surface area contributed by atoms with Gasteiger partial charge in [0.2, 0.25) is 11.8 Å². The maximum atomic E-state index is 12.3. The second kappa shape index (κ2) is 5.52. The maximum absolute atomic E-state index is 12.3. The first-order valence-electron chi connectivity index (χ1n) is 6.59. The van der Waals surface area contributed by atoms with Gasteiger partial charge in [0.05, 0.1) is 12.2 Å². The summed E-state index contributed by atoms with van der Waals surface area (Å²) >= 11 is 0. The molecule has 2 heterocycles.